The van der Waals surface area contributed by atoms with Crippen molar-refractivity contribution in [2.45, 2.75) is 77.4 Å². The van der Waals surface area contributed by atoms with Gasteiger partial charge in [-0.25, -0.2) is 19.2 Å². The number of halogens is 2. The SMILES string of the molecule is CC(C)(C)OC(=O)NCCNc1ccc2c(c1)nc(CN1CCC(c3cccc(OCc4ccc(Cl)cc4F)n3)CC1)n2C[C@@H]1CCO1. The Balaban J connectivity index is 1.05. The molecule has 0 aliphatic carbocycles. The number of fused-ring (bicyclic) bond motifs is 1. The van der Waals surface area contributed by atoms with Gasteiger partial charge in [0.15, 0.2) is 0 Å². The molecule has 1 atom stereocenters. The molecule has 2 aliphatic rings. The van der Waals surface area contributed by atoms with E-state index in [2.05, 4.69) is 38.3 Å². The average molecular weight is 679 g/mol. The number of anilines is 1. The summed E-state index contributed by atoms with van der Waals surface area (Å²) in [5, 5.41) is 6.52. The van der Waals surface area contributed by atoms with Crippen molar-refractivity contribution in [1.82, 2.24) is 24.8 Å². The number of hydrogen-bond donors (Lipinski definition) is 2. The van der Waals surface area contributed by atoms with Crippen molar-refractivity contribution in [3.05, 3.63) is 82.5 Å². The number of piperidine rings is 1. The zero-order valence-corrected chi connectivity index (χ0v) is 28.6. The number of carbonyl (C=O) groups excluding carboxylic acids is 1. The predicted molar refractivity (Wildman–Crippen MR) is 184 cm³/mol. The number of pyridine rings is 1. The Labute approximate surface area is 285 Å². The summed E-state index contributed by atoms with van der Waals surface area (Å²) in [4.78, 5) is 24.3. The Bertz CT molecular complexity index is 1710. The van der Waals surface area contributed by atoms with Crippen LogP contribution in [-0.2, 0) is 29.2 Å². The molecule has 0 saturated carbocycles. The highest BCUT2D eigenvalue weighted by Gasteiger charge is 2.26. The number of rotatable bonds is 12. The van der Waals surface area contributed by atoms with Crippen LogP contribution in [0.25, 0.3) is 11.0 Å². The maximum atomic E-state index is 14.2. The maximum absolute atomic E-state index is 14.2. The number of carbonyl (C=O) groups is 1. The molecule has 2 saturated heterocycles. The van der Waals surface area contributed by atoms with Crippen molar-refractivity contribution in [3.8, 4) is 5.88 Å². The number of ether oxygens (including phenoxy) is 3. The van der Waals surface area contributed by atoms with Gasteiger partial charge in [-0.05, 0) is 89.5 Å². The number of nitrogens with one attached hydrogen (secondary N) is 2. The topological polar surface area (TPSA) is 103 Å². The van der Waals surface area contributed by atoms with Crippen LogP contribution in [0.4, 0.5) is 14.9 Å². The monoisotopic (exact) mass is 678 g/mol. The van der Waals surface area contributed by atoms with Crippen LogP contribution >= 0.6 is 11.6 Å². The lowest BCUT2D eigenvalue weighted by atomic mass is 9.93. The molecule has 0 unspecified atom stereocenters. The zero-order chi connectivity index (χ0) is 33.7. The fraction of sp³-hybridized carbons (Fsp3) is 0.472. The zero-order valence-electron chi connectivity index (χ0n) is 27.8. The van der Waals surface area contributed by atoms with Crippen LogP contribution in [0, 0.1) is 5.82 Å². The minimum atomic E-state index is -0.527. The van der Waals surface area contributed by atoms with Gasteiger partial charge in [-0.1, -0.05) is 23.7 Å². The molecule has 0 bridgehead atoms. The van der Waals surface area contributed by atoms with Crippen molar-refractivity contribution in [3.63, 3.8) is 0 Å². The molecule has 48 heavy (non-hydrogen) atoms. The van der Waals surface area contributed by atoms with Crippen LogP contribution in [-0.4, -0.2) is 70.0 Å². The first-order valence-electron chi connectivity index (χ1n) is 16.7. The second kappa shape index (κ2) is 15.1. The number of amides is 1. The van der Waals surface area contributed by atoms with Gasteiger partial charge < -0.3 is 29.4 Å². The third-order valence-electron chi connectivity index (χ3n) is 8.64. The highest BCUT2D eigenvalue weighted by atomic mass is 35.5. The summed E-state index contributed by atoms with van der Waals surface area (Å²) in [6, 6.07) is 16.6. The average Bonchev–Trinajstić information content (AvgIpc) is 3.36. The number of alkyl carbamates (subject to hydrolysis) is 1. The molecule has 2 fully saturated rings. The van der Waals surface area contributed by atoms with E-state index in [9.17, 15) is 9.18 Å². The van der Waals surface area contributed by atoms with Crippen LogP contribution in [0.15, 0.2) is 54.6 Å². The van der Waals surface area contributed by atoms with E-state index in [1.165, 1.54) is 6.07 Å². The largest absolute Gasteiger partial charge is 0.473 e. The lowest BCUT2D eigenvalue weighted by molar-refractivity contribution is -0.0592. The first-order chi connectivity index (χ1) is 23.1. The number of nitrogens with zero attached hydrogens (tertiary/aromatic N) is 4. The van der Waals surface area contributed by atoms with Crippen LogP contribution in [0.2, 0.25) is 5.02 Å². The third kappa shape index (κ3) is 8.94. The van der Waals surface area contributed by atoms with Gasteiger partial charge in [0.25, 0.3) is 0 Å². The summed E-state index contributed by atoms with van der Waals surface area (Å²) in [5.74, 6) is 1.45. The summed E-state index contributed by atoms with van der Waals surface area (Å²) in [6.45, 7) is 10.8. The second-order valence-corrected chi connectivity index (χ2v) is 13.9. The molecule has 2 N–H and O–H groups in total. The number of imidazole rings is 1. The molecule has 0 spiro atoms. The standard InChI is InChI=1S/C36H44ClFN6O4/c1-36(2,3)48-35(45)40-15-14-39-27-9-10-32-31(20-27)41-33(44(32)21-28-13-18-46-28)22-43-16-11-24(12-17-43)30-5-4-6-34(42-30)47-23-25-7-8-26(37)19-29(25)38/h4-10,19-20,24,28,39H,11-18,21-23H2,1-3H3,(H,40,45)/t28-/m0/s1. The van der Waals surface area contributed by atoms with Crippen molar-refractivity contribution in [1.29, 1.82) is 0 Å². The molecule has 0 radical (unpaired) electrons. The van der Waals surface area contributed by atoms with Crippen LogP contribution in [0.1, 0.15) is 63.0 Å². The summed E-state index contributed by atoms with van der Waals surface area (Å²) in [7, 11) is 0. The van der Waals surface area contributed by atoms with Gasteiger partial charge in [-0.15, -0.1) is 0 Å². The van der Waals surface area contributed by atoms with Gasteiger partial charge in [0.2, 0.25) is 5.88 Å². The van der Waals surface area contributed by atoms with E-state index in [-0.39, 0.29) is 18.5 Å². The molecule has 2 aliphatic heterocycles. The molecule has 2 aromatic heterocycles. The highest BCUT2D eigenvalue weighted by molar-refractivity contribution is 6.30. The van der Waals surface area contributed by atoms with Gasteiger partial charge in [0, 0.05) is 53.6 Å². The molecule has 10 nitrogen and oxygen atoms in total. The molecule has 12 heteroatoms. The van der Waals surface area contributed by atoms with Crippen molar-refractivity contribution >= 4 is 34.4 Å². The van der Waals surface area contributed by atoms with Crippen molar-refractivity contribution < 1.29 is 23.4 Å². The molecule has 4 aromatic rings. The smallest absolute Gasteiger partial charge is 0.407 e. The lowest BCUT2D eigenvalue weighted by Crippen LogP contribution is -2.35. The first-order valence-corrected chi connectivity index (χ1v) is 17.0. The number of benzene rings is 2. The molecule has 1 amide bonds. The van der Waals surface area contributed by atoms with E-state index in [1.54, 1.807) is 12.1 Å². The van der Waals surface area contributed by atoms with E-state index < -0.39 is 11.7 Å². The van der Waals surface area contributed by atoms with Crippen molar-refractivity contribution in [2.24, 2.45) is 0 Å². The predicted octanol–water partition coefficient (Wildman–Crippen LogP) is 6.91. The van der Waals surface area contributed by atoms with E-state index in [0.717, 1.165) is 80.3 Å². The van der Waals surface area contributed by atoms with E-state index in [4.69, 9.17) is 35.8 Å². The molecule has 2 aromatic carbocycles. The quantitative estimate of drug-likeness (QED) is 0.156. The summed E-state index contributed by atoms with van der Waals surface area (Å²) >= 11 is 5.87. The first kappa shape index (κ1) is 34.0. The van der Waals surface area contributed by atoms with Gasteiger partial charge >= 0.3 is 6.09 Å². The van der Waals surface area contributed by atoms with Crippen LogP contribution in [0.3, 0.4) is 0 Å². The summed E-state index contributed by atoms with van der Waals surface area (Å²) in [6.07, 6.45) is 2.78. The minimum absolute atomic E-state index is 0.0909. The van der Waals surface area contributed by atoms with E-state index in [0.29, 0.717) is 35.5 Å². The van der Waals surface area contributed by atoms with E-state index in [1.807, 2.05) is 39.0 Å². The van der Waals surface area contributed by atoms with E-state index >= 15 is 0 Å². The molecule has 4 heterocycles. The van der Waals surface area contributed by atoms with Gasteiger partial charge in [0.1, 0.15) is 23.8 Å². The highest BCUT2D eigenvalue weighted by Crippen LogP contribution is 2.30. The van der Waals surface area contributed by atoms with Crippen LogP contribution in [0.5, 0.6) is 5.88 Å². The lowest BCUT2D eigenvalue weighted by Gasteiger charge is -2.32. The Morgan fingerprint density at radius 3 is 2.60 bits per heavy atom. The van der Waals surface area contributed by atoms with Gasteiger partial charge in [-0.3, -0.25) is 4.90 Å². The van der Waals surface area contributed by atoms with Gasteiger partial charge in [0.05, 0.1) is 30.2 Å². The third-order valence-corrected chi connectivity index (χ3v) is 8.87. The summed E-state index contributed by atoms with van der Waals surface area (Å²) < 4.78 is 33.5. The molecule has 6 rings (SSSR count). The van der Waals surface area contributed by atoms with Crippen LogP contribution < -0.4 is 15.4 Å². The fourth-order valence-corrected chi connectivity index (χ4v) is 6.21. The Morgan fingerprint density at radius 1 is 1.06 bits per heavy atom. The Kier molecular flexibility index (Phi) is 10.7. The number of aromatic nitrogens is 3. The second-order valence-electron chi connectivity index (χ2n) is 13.5. The summed E-state index contributed by atoms with van der Waals surface area (Å²) in [5.41, 5.74) is 3.88. The minimum Gasteiger partial charge on any atom is -0.473 e. The Hall–Kier alpha value is -3.93. The van der Waals surface area contributed by atoms with Crippen molar-refractivity contribution in [2.75, 3.05) is 38.1 Å². The van der Waals surface area contributed by atoms with Gasteiger partial charge in [-0.2, -0.15) is 0 Å². The molecular formula is C36H44ClFN6O4. The number of hydrogen-bond acceptors (Lipinski definition) is 8. The maximum Gasteiger partial charge on any atom is 0.407 e. The fourth-order valence-electron chi connectivity index (χ4n) is 6.05. The molecule has 256 valence electrons. The Morgan fingerprint density at radius 2 is 1.88 bits per heavy atom. The molecular weight excluding hydrogens is 635 g/mol. The normalized spacial score (nSPS) is 17.2. The number of likely N-dealkylation sites (tertiary alicyclic amines) is 1.